The van der Waals surface area contributed by atoms with Crippen molar-refractivity contribution in [1.82, 2.24) is 4.57 Å². The summed E-state index contributed by atoms with van der Waals surface area (Å²) in [6.07, 6.45) is 12.4. The summed E-state index contributed by atoms with van der Waals surface area (Å²) in [5.41, 5.74) is 15.9. The van der Waals surface area contributed by atoms with Crippen LogP contribution in [-0.4, -0.2) is 4.57 Å². The third-order valence-electron chi connectivity index (χ3n) is 12.7. The molecule has 2 aromatic heterocycles. The second-order valence-electron chi connectivity index (χ2n) is 16.5. The van der Waals surface area contributed by atoms with Gasteiger partial charge in [0.15, 0.2) is 0 Å². The number of fused-ring (bicyclic) bond motifs is 6. The summed E-state index contributed by atoms with van der Waals surface area (Å²) in [4.78, 5) is 2.32. The van der Waals surface area contributed by atoms with Crippen molar-refractivity contribution in [2.75, 3.05) is 4.90 Å². The van der Waals surface area contributed by atoms with Crippen molar-refractivity contribution in [2.24, 2.45) is 0 Å². The van der Waals surface area contributed by atoms with Gasteiger partial charge in [-0.3, -0.25) is 0 Å². The van der Waals surface area contributed by atoms with Crippen LogP contribution in [0.25, 0.3) is 81.0 Å². The molecule has 1 aliphatic heterocycles. The molecule has 304 valence electrons. The predicted octanol–water partition coefficient (Wildman–Crippen LogP) is 16.9. The third-order valence-corrected chi connectivity index (χ3v) is 13.8. The molecule has 12 rings (SSSR count). The van der Waals surface area contributed by atoms with E-state index in [2.05, 4.69) is 228 Å². The molecular formula is C60H42N2OS. The minimum absolute atomic E-state index is 0.867. The molecule has 8 aromatic carbocycles. The Morgan fingerprint density at radius 2 is 1.27 bits per heavy atom. The van der Waals surface area contributed by atoms with Gasteiger partial charge in [-0.05, 0) is 131 Å². The largest absolute Gasteiger partial charge is 0.463 e. The molecule has 4 heteroatoms. The Hall–Kier alpha value is -7.92. The number of aromatic nitrogens is 1. The summed E-state index contributed by atoms with van der Waals surface area (Å²) >= 11 is 1.84. The number of para-hydroxylation sites is 3. The summed E-state index contributed by atoms with van der Waals surface area (Å²) < 4.78 is 11.4. The monoisotopic (exact) mass is 838 g/mol. The fourth-order valence-corrected chi connectivity index (χ4v) is 10.8. The first-order valence-corrected chi connectivity index (χ1v) is 22.7. The fraction of sp³-hybridized carbons (Fsp3) is 0.0333. The molecule has 64 heavy (non-hydrogen) atoms. The van der Waals surface area contributed by atoms with Gasteiger partial charge >= 0.3 is 0 Å². The molecule has 3 nitrogen and oxygen atoms in total. The molecule has 0 radical (unpaired) electrons. The van der Waals surface area contributed by atoms with Crippen LogP contribution < -0.4 is 4.90 Å². The maximum Gasteiger partial charge on any atom is 0.130 e. The van der Waals surface area contributed by atoms with Crippen LogP contribution in [0.4, 0.5) is 11.4 Å². The van der Waals surface area contributed by atoms with E-state index >= 15 is 0 Å². The van der Waals surface area contributed by atoms with E-state index in [1.165, 1.54) is 75.4 Å². The normalized spacial score (nSPS) is 15.2. The van der Waals surface area contributed by atoms with Gasteiger partial charge < -0.3 is 14.2 Å². The molecule has 0 unspecified atom stereocenters. The molecule has 0 atom stereocenters. The number of ether oxygens (including phenoxy) is 1. The SMILES string of the molecule is C=C1/C=C\C(N(c2ccccc2)c2cccc3sc4ccc(-c5ccc(-c6ccc7c8ccccc8n(-c8ccccc8)c7c6)cc5-c5ccccc5)cc4c23)=C/OC2=C1CCC=C2. The minimum Gasteiger partial charge on any atom is -0.463 e. The molecule has 2 aliphatic rings. The first-order valence-electron chi connectivity index (χ1n) is 21.9. The number of thiophene rings is 1. The number of anilines is 2. The second-order valence-corrected chi connectivity index (χ2v) is 17.6. The molecule has 3 heterocycles. The lowest BCUT2D eigenvalue weighted by Crippen LogP contribution is -2.16. The van der Waals surface area contributed by atoms with Crippen LogP contribution in [0.2, 0.25) is 0 Å². The second kappa shape index (κ2) is 15.8. The van der Waals surface area contributed by atoms with E-state index in [4.69, 9.17) is 4.74 Å². The molecule has 0 amide bonds. The van der Waals surface area contributed by atoms with E-state index in [9.17, 15) is 0 Å². The van der Waals surface area contributed by atoms with Crippen molar-refractivity contribution in [3.05, 3.63) is 248 Å². The van der Waals surface area contributed by atoms with Crippen LogP contribution in [0, 0.1) is 0 Å². The predicted molar refractivity (Wildman–Crippen MR) is 271 cm³/mol. The van der Waals surface area contributed by atoms with Crippen LogP contribution in [0.3, 0.4) is 0 Å². The van der Waals surface area contributed by atoms with E-state index in [1.54, 1.807) is 0 Å². The van der Waals surface area contributed by atoms with Crippen LogP contribution in [0.15, 0.2) is 248 Å². The first kappa shape index (κ1) is 37.8. The van der Waals surface area contributed by atoms with E-state index < -0.39 is 0 Å². The van der Waals surface area contributed by atoms with Gasteiger partial charge in [-0.1, -0.05) is 140 Å². The van der Waals surface area contributed by atoms with Crippen molar-refractivity contribution >= 4 is 64.7 Å². The highest BCUT2D eigenvalue weighted by atomic mass is 32.1. The molecule has 0 fully saturated rings. The molecular weight excluding hydrogens is 797 g/mol. The van der Waals surface area contributed by atoms with E-state index in [0.717, 1.165) is 52.5 Å². The highest BCUT2D eigenvalue weighted by molar-refractivity contribution is 7.26. The Balaban J connectivity index is 1.01. The number of hydrogen-bond acceptors (Lipinski definition) is 3. The molecule has 10 aromatic rings. The average Bonchev–Trinajstić information content (AvgIpc) is 3.90. The van der Waals surface area contributed by atoms with Gasteiger partial charge in [-0.2, -0.15) is 0 Å². The van der Waals surface area contributed by atoms with Crippen molar-refractivity contribution in [3.8, 4) is 39.1 Å². The highest BCUT2D eigenvalue weighted by Gasteiger charge is 2.23. The Kier molecular flexibility index (Phi) is 9.31. The van der Waals surface area contributed by atoms with Crippen LogP contribution >= 0.6 is 11.3 Å². The van der Waals surface area contributed by atoms with Gasteiger partial charge in [-0.25, -0.2) is 0 Å². The lowest BCUT2D eigenvalue weighted by Gasteiger charge is -2.28. The summed E-state index contributed by atoms with van der Waals surface area (Å²) in [5.74, 6) is 0.867. The summed E-state index contributed by atoms with van der Waals surface area (Å²) in [5, 5.41) is 4.93. The lowest BCUT2D eigenvalue weighted by molar-refractivity contribution is 0.356. The summed E-state index contributed by atoms with van der Waals surface area (Å²) in [6.45, 7) is 4.44. The number of nitrogens with zero attached hydrogens (tertiary/aromatic N) is 2. The quantitative estimate of drug-likeness (QED) is 0.159. The maximum atomic E-state index is 6.49. The average molecular weight is 839 g/mol. The van der Waals surface area contributed by atoms with Gasteiger partial charge in [0.1, 0.15) is 12.0 Å². The van der Waals surface area contributed by atoms with Crippen molar-refractivity contribution in [1.29, 1.82) is 0 Å². The van der Waals surface area contributed by atoms with Crippen molar-refractivity contribution in [3.63, 3.8) is 0 Å². The van der Waals surface area contributed by atoms with E-state index in [-0.39, 0.29) is 0 Å². The smallest absolute Gasteiger partial charge is 0.130 e. The molecule has 0 saturated heterocycles. The first-order chi connectivity index (χ1) is 31.7. The lowest BCUT2D eigenvalue weighted by atomic mass is 9.90. The number of allylic oxidation sites excluding steroid dienone is 6. The zero-order valence-electron chi connectivity index (χ0n) is 35.1. The molecule has 0 N–H and O–H groups in total. The third kappa shape index (κ3) is 6.50. The van der Waals surface area contributed by atoms with Gasteiger partial charge in [-0.15, -0.1) is 11.3 Å². The Morgan fingerprint density at radius 3 is 2.12 bits per heavy atom. The van der Waals surface area contributed by atoms with Crippen LogP contribution in [0.1, 0.15) is 12.8 Å². The Morgan fingerprint density at radius 1 is 0.531 bits per heavy atom. The Labute approximate surface area is 376 Å². The molecule has 0 saturated carbocycles. The summed E-state index contributed by atoms with van der Waals surface area (Å²) in [6, 6.07) is 68.4. The molecule has 0 spiro atoms. The number of rotatable bonds is 7. The van der Waals surface area contributed by atoms with Gasteiger partial charge in [0.2, 0.25) is 0 Å². The fourth-order valence-electron chi connectivity index (χ4n) is 9.65. The van der Waals surface area contributed by atoms with E-state index in [0.29, 0.717) is 0 Å². The van der Waals surface area contributed by atoms with Gasteiger partial charge in [0.25, 0.3) is 0 Å². The summed E-state index contributed by atoms with van der Waals surface area (Å²) in [7, 11) is 0. The Bertz CT molecular complexity index is 3590. The van der Waals surface area contributed by atoms with Crippen molar-refractivity contribution in [2.45, 2.75) is 12.8 Å². The number of benzene rings is 8. The van der Waals surface area contributed by atoms with Crippen LogP contribution in [-0.2, 0) is 4.74 Å². The molecule has 1 aliphatic carbocycles. The zero-order chi connectivity index (χ0) is 42.6. The van der Waals surface area contributed by atoms with Gasteiger partial charge in [0.05, 0.1) is 22.4 Å². The molecule has 0 bridgehead atoms. The standard InChI is InChI=1S/C60H42N2OS/c1-40-28-32-47(39-63-57-26-14-12-22-48(40)57)61(45-18-7-3-8-19-45)55-25-15-27-59-60(55)53-37-44(31-35-58(53)64-59)49-33-29-42(36-52(49)41-16-5-2-6-17-41)43-30-34-51-50-23-11-13-24-54(50)62(56(51)38-43)46-20-9-4-10-21-46/h2-11,13-21,23-39H,1,12,22H2/b32-28-,47-39+. The maximum absolute atomic E-state index is 6.49. The highest BCUT2D eigenvalue weighted by Crippen LogP contribution is 2.46. The zero-order valence-corrected chi connectivity index (χ0v) is 35.9. The van der Waals surface area contributed by atoms with E-state index in [1.807, 2.05) is 17.6 Å². The minimum atomic E-state index is 0.867. The number of hydrogen-bond donors (Lipinski definition) is 0. The topological polar surface area (TPSA) is 17.4 Å². The van der Waals surface area contributed by atoms with Gasteiger partial charge in [0, 0.05) is 47.9 Å². The van der Waals surface area contributed by atoms with Crippen molar-refractivity contribution < 1.29 is 4.74 Å². The van der Waals surface area contributed by atoms with Crippen LogP contribution in [0.5, 0.6) is 0 Å².